The van der Waals surface area contributed by atoms with Gasteiger partial charge in [0.1, 0.15) is 11.5 Å². The number of nitrogens with zero attached hydrogens (tertiary/aromatic N) is 2. The summed E-state index contributed by atoms with van der Waals surface area (Å²) in [7, 11) is 0. The molecular weight excluding hydrogens is 404 g/mol. The number of thiazole rings is 1. The first kappa shape index (κ1) is 19.5. The fourth-order valence-corrected chi connectivity index (χ4v) is 4.20. The van der Waals surface area contributed by atoms with Gasteiger partial charge in [-0.25, -0.2) is 9.78 Å². The Kier molecular flexibility index (Phi) is 5.94. The van der Waals surface area contributed by atoms with Gasteiger partial charge in [0.15, 0.2) is 5.13 Å². The lowest BCUT2D eigenvalue weighted by Crippen LogP contribution is -2.22. The predicted octanol–water partition coefficient (Wildman–Crippen LogP) is 5.52. The largest absolute Gasteiger partial charge is 0.455 e. The molecule has 0 aliphatic carbocycles. The Labute approximate surface area is 170 Å². The highest BCUT2D eigenvalue weighted by Gasteiger charge is 2.19. The van der Waals surface area contributed by atoms with Gasteiger partial charge in [0.05, 0.1) is 15.7 Å². The number of thiophene rings is 1. The van der Waals surface area contributed by atoms with Crippen molar-refractivity contribution in [3.8, 4) is 0 Å². The Morgan fingerprint density at radius 1 is 1.19 bits per heavy atom. The number of halogens is 1. The average Bonchev–Trinajstić information content (AvgIpc) is 3.25. The number of rotatable bonds is 5. The maximum Gasteiger partial charge on any atom is 0.348 e. The van der Waals surface area contributed by atoms with Crippen molar-refractivity contribution in [3.05, 3.63) is 61.7 Å². The number of amides is 1. The van der Waals surface area contributed by atoms with E-state index in [1.807, 2.05) is 32.0 Å². The molecule has 0 N–H and O–H groups in total. The molecular formula is C19H17ClN2O3S2. The Hall–Kier alpha value is -2.22. The minimum atomic E-state index is -0.445. The van der Waals surface area contributed by atoms with E-state index in [1.165, 1.54) is 18.3 Å². The normalized spacial score (nSPS) is 10.7. The zero-order valence-electron chi connectivity index (χ0n) is 15.0. The number of carbonyl (C=O) groups excluding carboxylic acids is 2. The first-order chi connectivity index (χ1) is 12.8. The number of ether oxygens (including phenoxy) is 1. The molecule has 3 rings (SSSR count). The second-order valence-electron chi connectivity index (χ2n) is 5.92. The summed E-state index contributed by atoms with van der Waals surface area (Å²) in [4.78, 5) is 30.7. The molecule has 140 valence electrons. The molecule has 0 radical (unpaired) electrons. The summed E-state index contributed by atoms with van der Waals surface area (Å²) >= 11 is 8.32. The lowest BCUT2D eigenvalue weighted by molar-refractivity contribution is -0.115. The number of aromatic nitrogens is 1. The van der Waals surface area contributed by atoms with Gasteiger partial charge in [-0.1, -0.05) is 17.7 Å². The topological polar surface area (TPSA) is 59.5 Å². The molecule has 8 heteroatoms. The molecule has 0 unspecified atom stereocenters. The van der Waals surface area contributed by atoms with Crippen molar-refractivity contribution in [2.24, 2.45) is 0 Å². The maximum absolute atomic E-state index is 12.2. The lowest BCUT2D eigenvalue weighted by Gasteiger charge is -2.19. The Morgan fingerprint density at radius 3 is 2.59 bits per heavy atom. The van der Waals surface area contributed by atoms with Gasteiger partial charge in [-0.2, -0.15) is 0 Å². The number of esters is 1. The molecule has 0 aliphatic heterocycles. The van der Waals surface area contributed by atoms with Crippen LogP contribution in [0.5, 0.6) is 0 Å². The van der Waals surface area contributed by atoms with Crippen molar-refractivity contribution in [2.45, 2.75) is 27.4 Å². The van der Waals surface area contributed by atoms with Gasteiger partial charge in [-0.3, -0.25) is 9.69 Å². The number of aryl methyl sites for hydroxylation is 2. The van der Waals surface area contributed by atoms with Crippen molar-refractivity contribution in [1.82, 2.24) is 4.98 Å². The summed E-state index contributed by atoms with van der Waals surface area (Å²) in [6.07, 6.45) is 0. The standard InChI is InChI=1S/C19H17ClN2O3S2/c1-11-4-5-15(8-12(11)2)22(13(3)23)19-21-14(10-26-19)9-25-18(24)16-6-7-17(20)27-16/h4-8,10H,9H2,1-3H3. The van der Waals surface area contributed by atoms with E-state index in [4.69, 9.17) is 16.3 Å². The zero-order chi connectivity index (χ0) is 19.6. The van der Waals surface area contributed by atoms with Gasteiger partial charge in [0, 0.05) is 12.3 Å². The van der Waals surface area contributed by atoms with Crippen molar-refractivity contribution >= 4 is 57.0 Å². The van der Waals surface area contributed by atoms with Gasteiger partial charge < -0.3 is 4.74 Å². The molecule has 0 atom stereocenters. The highest BCUT2D eigenvalue weighted by Crippen LogP contribution is 2.30. The van der Waals surface area contributed by atoms with Crippen LogP contribution in [0.25, 0.3) is 0 Å². The quantitative estimate of drug-likeness (QED) is 0.510. The smallest absolute Gasteiger partial charge is 0.348 e. The second kappa shape index (κ2) is 8.21. The third-order valence-electron chi connectivity index (χ3n) is 3.92. The van der Waals surface area contributed by atoms with Crippen LogP contribution in [-0.2, 0) is 16.1 Å². The number of carbonyl (C=O) groups is 2. The van der Waals surface area contributed by atoms with Crippen LogP contribution in [0.3, 0.4) is 0 Å². The van der Waals surface area contributed by atoms with Crippen LogP contribution < -0.4 is 4.90 Å². The van der Waals surface area contributed by atoms with E-state index in [0.29, 0.717) is 20.0 Å². The van der Waals surface area contributed by atoms with E-state index in [-0.39, 0.29) is 12.5 Å². The van der Waals surface area contributed by atoms with Gasteiger partial charge in [0.25, 0.3) is 0 Å². The molecule has 27 heavy (non-hydrogen) atoms. The van der Waals surface area contributed by atoms with Crippen LogP contribution in [0.2, 0.25) is 4.34 Å². The molecule has 0 fully saturated rings. The monoisotopic (exact) mass is 420 g/mol. The van der Waals surface area contributed by atoms with E-state index >= 15 is 0 Å². The third-order valence-corrected chi connectivity index (χ3v) is 6.01. The molecule has 3 aromatic rings. The summed E-state index contributed by atoms with van der Waals surface area (Å²) in [5, 5.41) is 2.32. The molecule has 0 spiro atoms. The van der Waals surface area contributed by atoms with Gasteiger partial charge in [-0.05, 0) is 49.2 Å². The summed E-state index contributed by atoms with van der Waals surface area (Å²) < 4.78 is 5.81. The number of hydrogen-bond acceptors (Lipinski definition) is 6. The first-order valence-corrected chi connectivity index (χ1v) is 10.2. The van der Waals surface area contributed by atoms with Crippen molar-refractivity contribution < 1.29 is 14.3 Å². The number of benzene rings is 1. The van der Waals surface area contributed by atoms with Crippen LogP contribution in [0.1, 0.15) is 33.4 Å². The minimum absolute atomic E-state index is 0.0313. The number of anilines is 2. The maximum atomic E-state index is 12.2. The van der Waals surface area contributed by atoms with E-state index in [2.05, 4.69) is 4.98 Å². The molecule has 5 nitrogen and oxygen atoms in total. The van der Waals surface area contributed by atoms with Gasteiger partial charge >= 0.3 is 5.97 Å². The second-order valence-corrected chi connectivity index (χ2v) is 8.48. The average molecular weight is 421 g/mol. The summed E-state index contributed by atoms with van der Waals surface area (Å²) in [6, 6.07) is 9.10. The van der Waals surface area contributed by atoms with Crippen LogP contribution >= 0.6 is 34.3 Å². The predicted molar refractivity (Wildman–Crippen MR) is 109 cm³/mol. The summed E-state index contributed by atoms with van der Waals surface area (Å²) in [6.45, 7) is 5.55. The molecule has 2 heterocycles. The fraction of sp³-hybridized carbons (Fsp3) is 0.211. The molecule has 1 aromatic carbocycles. The van der Waals surface area contributed by atoms with Crippen molar-refractivity contribution in [2.75, 3.05) is 4.90 Å². The lowest BCUT2D eigenvalue weighted by atomic mass is 10.1. The van der Waals surface area contributed by atoms with E-state index < -0.39 is 5.97 Å². The fourth-order valence-electron chi connectivity index (χ4n) is 2.39. The minimum Gasteiger partial charge on any atom is -0.455 e. The SMILES string of the molecule is CC(=O)N(c1ccc(C)c(C)c1)c1nc(COC(=O)c2ccc(Cl)s2)cs1. The summed E-state index contributed by atoms with van der Waals surface area (Å²) in [5.41, 5.74) is 3.60. The van der Waals surface area contributed by atoms with Crippen LogP contribution in [-0.4, -0.2) is 16.9 Å². The molecule has 0 bridgehead atoms. The Morgan fingerprint density at radius 2 is 1.96 bits per heavy atom. The first-order valence-electron chi connectivity index (χ1n) is 8.10. The van der Waals surface area contributed by atoms with E-state index in [0.717, 1.165) is 28.2 Å². The highest BCUT2D eigenvalue weighted by molar-refractivity contribution is 7.17. The summed E-state index contributed by atoms with van der Waals surface area (Å²) in [5.74, 6) is -0.580. The molecule has 0 saturated carbocycles. The van der Waals surface area contributed by atoms with Crippen LogP contribution in [0, 0.1) is 13.8 Å². The molecule has 1 amide bonds. The number of hydrogen-bond donors (Lipinski definition) is 0. The Balaban J connectivity index is 1.75. The van der Waals surface area contributed by atoms with Gasteiger partial charge in [0.2, 0.25) is 5.91 Å². The zero-order valence-corrected chi connectivity index (χ0v) is 17.4. The van der Waals surface area contributed by atoms with E-state index in [9.17, 15) is 9.59 Å². The molecule has 0 saturated heterocycles. The van der Waals surface area contributed by atoms with Crippen LogP contribution in [0.4, 0.5) is 10.8 Å². The Bertz CT molecular complexity index is 997. The van der Waals surface area contributed by atoms with Gasteiger partial charge in [-0.15, -0.1) is 22.7 Å². The highest BCUT2D eigenvalue weighted by atomic mass is 35.5. The third kappa shape index (κ3) is 4.55. The van der Waals surface area contributed by atoms with Crippen LogP contribution in [0.15, 0.2) is 35.7 Å². The molecule has 0 aliphatic rings. The van der Waals surface area contributed by atoms with Crippen molar-refractivity contribution in [3.63, 3.8) is 0 Å². The molecule has 2 aromatic heterocycles. The van der Waals surface area contributed by atoms with Crippen molar-refractivity contribution in [1.29, 1.82) is 0 Å². The van der Waals surface area contributed by atoms with E-state index in [1.54, 1.807) is 22.4 Å².